The molecule has 154 valence electrons. The minimum atomic E-state index is -4.80. The molecule has 2 saturated heterocycles. The number of nitrogens with zero attached hydrogens (tertiary/aromatic N) is 1. The van der Waals surface area contributed by atoms with E-state index in [1.54, 1.807) is 6.07 Å². The molecule has 1 amide bonds. The zero-order valence-corrected chi connectivity index (χ0v) is 15.2. The van der Waals surface area contributed by atoms with Crippen LogP contribution in [0, 0.1) is 11.8 Å². The smallest absolute Gasteiger partial charge is 0.406 e. The van der Waals surface area contributed by atoms with Gasteiger partial charge in [0.05, 0.1) is 11.6 Å². The summed E-state index contributed by atoms with van der Waals surface area (Å²) in [4.78, 5) is 13.9. The van der Waals surface area contributed by atoms with Crippen molar-refractivity contribution in [2.75, 3.05) is 19.6 Å². The molecule has 1 aromatic carbocycles. The van der Waals surface area contributed by atoms with E-state index in [-0.39, 0.29) is 24.6 Å². The highest BCUT2D eigenvalue weighted by atomic mass is 19.4. The summed E-state index contributed by atoms with van der Waals surface area (Å²) in [6.45, 7) is 1.51. The van der Waals surface area contributed by atoms with E-state index in [9.17, 15) is 22.4 Å². The topological polar surface area (TPSA) is 67.6 Å². The molecular weight excluding hydrogens is 378 g/mol. The first-order valence-electron chi connectivity index (χ1n) is 9.48. The van der Waals surface area contributed by atoms with Gasteiger partial charge in [0.15, 0.2) is 0 Å². The second-order valence-electron chi connectivity index (χ2n) is 7.97. The molecule has 3 N–H and O–H groups in total. The van der Waals surface area contributed by atoms with E-state index >= 15 is 0 Å². The number of hydrogen-bond donors (Lipinski definition) is 2. The molecule has 0 radical (unpaired) electrons. The number of nitrogens with one attached hydrogen (secondary N) is 1. The number of hydrogen-bond acceptors (Lipinski definition) is 4. The highest BCUT2D eigenvalue weighted by molar-refractivity contribution is 5.80. The Morgan fingerprint density at radius 1 is 1.32 bits per heavy atom. The van der Waals surface area contributed by atoms with Gasteiger partial charge in [-0.1, -0.05) is 12.1 Å². The summed E-state index contributed by atoms with van der Waals surface area (Å²) >= 11 is 0. The fourth-order valence-electron chi connectivity index (χ4n) is 5.52. The molecule has 9 heteroatoms. The second-order valence-corrected chi connectivity index (χ2v) is 7.97. The number of likely N-dealkylation sites (tertiary alicyclic amines) is 1. The lowest BCUT2D eigenvalue weighted by atomic mass is 9.77. The van der Waals surface area contributed by atoms with Crippen LogP contribution in [-0.4, -0.2) is 49.0 Å². The van der Waals surface area contributed by atoms with Crippen LogP contribution in [0.25, 0.3) is 0 Å². The van der Waals surface area contributed by atoms with Gasteiger partial charge in [-0.25, -0.2) is 4.39 Å². The van der Waals surface area contributed by atoms with Gasteiger partial charge in [-0.3, -0.25) is 9.69 Å². The fourth-order valence-corrected chi connectivity index (χ4v) is 5.52. The van der Waals surface area contributed by atoms with Crippen molar-refractivity contribution in [2.24, 2.45) is 17.6 Å². The zero-order chi connectivity index (χ0) is 20.1. The van der Waals surface area contributed by atoms with Crippen molar-refractivity contribution >= 4 is 5.91 Å². The van der Waals surface area contributed by atoms with Gasteiger partial charge in [-0.2, -0.15) is 0 Å². The maximum absolute atomic E-state index is 14.3. The molecular formula is C19H23F4N3O2. The molecule has 0 spiro atoms. The zero-order valence-electron chi connectivity index (χ0n) is 15.2. The highest BCUT2D eigenvalue weighted by Gasteiger charge is 2.58. The average Bonchev–Trinajstić information content (AvgIpc) is 3.28. The molecule has 5 atom stereocenters. The molecule has 2 aliphatic heterocycles. The highest BCUT2D eigenvalue weighted by Crippen LogP contribution is 2.55. The van der Waals surface area contributed by atoms with Crippen LogP contribution >= 0.6 is 0 Å². The average molecular weight is 401 g/mol. The number of fused-ring (bicyclic) bond motifs is 1. The third kappa shape index (κ3) is 3.24. The van der Waals surface area contributed by atoms with Gasteiger partial charge in [0, 0.05) is 19.5 Å². The standard InChI is InChI=1S/C19H23F4N3O2/c20-13-7-16(17(24)27)26(10-13)18(5-4-11-8-25-9-15(11)18)12-2-1-3-14(6-12)28-19(21,22)23/h1-3,6,11,13,15-16,25H,4-5,7-10H2,(H2,24,27)/t11-,13-,15+,16+,18-/m1/s1. The third-order valence-corrected chi connectivity index (χ3v) is 6.51. The number of benzene rings is 1. The Bertz CT molecular complexity index is 759. The summed E-state index contributed by atoms with van der Waals surface area (Å²) in [6, 6.07) is 5.10. The number of alkyl halides is 4. The molecule has 1 saturated carbocycles. The molecule has 5 nitrogen and oxygen atoms in total. The van der Waals surface area contributed by atoms with E-state index in [4.69, 9.17) is 5.73 Å². The van der Waals surface area contributed by atoms with Gasteiger partial charge in [0.1, 0.15) is 11.9 Å². The molecule has 1 aromatic rings. The maximum atomic E-state index is 14.3. The lowest BCUT2D eigenvalue weighted by molar-refractivity contribution is -0.274. The molecule has 28 heavy (non-hydrogen) atoms. The van der Waals surface area contributed by atoms with Crippen molar-refractivity contribution in [1.82, 2.24) is 10.2 Å². The van der Waals surface area contributed by atoms with Crippen LogP contribution in [0.5, 0.6) is 5.75 Å². The van der Waals surface area contributed by atoms with Gasteiger partial charge in [-0.15, -0.1) is 13.2 Å². The molecule has 0 aromatic heterocycles. The predicted molar refractivity (Wildman–Crippen MR) is 93.1 cm³/mol. The maximum Gasteiger partial charge on any atom is 0.573 e. The van der Waals surface area contributed by atoms with E-state index in [1.165, 1.54) is 18.2 Å². The first-order valence-corrected chi connectivity index (χ1v) is 9.48. The Labute approximate surface area is 160 Å². The van der Waals surface area contributed by atoms with E-state index in [1.807, 2.05) is 4.90 Å². The Morgan fingerprint density at radius 3 is 2.82 bits per heavy atom. The molecule has 1 aliphatic carbocycles. The van der Waals surface area contributed by atoms with Gasteiger partial charge >= 0.3 is 6.36 Å². The normalized spacial score (nSPS) is 35.9. The number of amides is 1. The van der Waals surface area contributed by atoms with Gasteiger partial charge in [0.2, 0.25) is 5.91 Å². The Balaban J connectivity index is 1.79. The molecule has 2 heterocycles. The Morgan fingerprint density at radius 2 is 2.11 bits per heavy atom. The summed E-state index contributed by atoms with van der Waals surface area (Å²) in [6.07, 6.45) is -4.50. The van der Waals surface area contributed by atoms with Crippen LogP contribution in [-0.2, 0) is 10.3 Å². The van der Waals surface area contributed by atoms with Gasteiger partial charge in [0.25, 0.3) is 0 Å². The van der Waals surface area contributed by atoms with Crippen LogP contribution in [0.3, 0.4) is 0 Å². The van der Waals surface area contributed by atoms with Crippen molar-refractivity contribution in [2.45, 2.75) is 43.4 Å². The first-order chi connectivity index (χ1) is 13.2. The van der Waals surface area contributed by atoms with E-state index < -0.39 is 30.0 Å². The predicted octanol–water partition coefficient (Wildman–Crippen LogP) is 2.31. The van der Waals surface area contributed by atoms with Gasteiger partial charge < -0.3 is 15.8 Å². The van der Waals surface area contributed by atoms with Gasteiger partial charge in [-0.05, 0) is 48.9 Å². The molecule has 4 rings (SSSR count). The number of primary amides is 1. The van der Waals surface area contributed by atoms with Crippen LogP contribution in [0.4, 0.5) is 17.6 Å². The second kappa shape index (κ2) is 6.88. The monoisotopic (exact) mass is 401 g/mol. The summed E-state index contributed by atoms with van der Waals surface area (Å²) < 4.78 is 56.6. The lowest BCUT2D eigenvalue weighted by Crippen LogP contribution is -2.55. The number of carbonyl (C=O) groups excluding carboxylic acids is 1. The molecule has 0 unspecified atom stereocenters. The number of carbonyl (C=O) groups is 1. The van der Waals surface area contributed by atoms with E-state index in [0.717, 1.165) is 13.0 Å². The Kier molecular flexibility index (Phi) is 4.78. The van der Waals surface area contributed by atoms with Crippen molar-refractivity contribution in [1.29, 1.82) is 0 Å². The van der Waals surface area contributed by atoms with Crippen LogP contribution in [0.15, 0.2) is 24.3 Å². The van der Waals surface area contributed by atoms with Crippen molar-refractivity contribution in [3.05, 3.63) is 29.8 Å². The minimum absolute atomic E-state index is 0.0145. The molecule has 3 fully saturated rings. The van der Waals surface area contributed by atoms with Crippen molar-refractivity contribution in [3.63, 3.8) is 0 Å². The summed E-state index contributed by atoms with van der Waals surface area (Å²) in [5, 5.41) is 3.33. The first kappa shape index (κ1) is 19.4. The van der Waals surface area contributed by atoms with Crippen LogP contribution in [0.1, 0.15) is 24.8 Å². The SMILES string of the molecule is NC(=O)[C@@H]1C[C@@H](F)CN1[C@@]1(c2cccc(OC(F)(F)F)c2)CC[C@@H]2CNC[C@@H]21. The quantitative estimate of drug-likeness (QED) is 0.760. The van der Waals surface area contributed by atoms with Crippen molar-refractivity contribution in [3.8, 4) is 5.75 Å². The summed E-state index contributed by atoms with van der Waals surface area (Å²) in [7, 11) is 0. The largest absolute Gasteiger partial charge is 0.573 e. The molecule has 3 aliphatic rings. The lowest BCUT2D eigenvalue weighted by Gasteiger charge is -2.46. The number of nitrogens with two attached hydrogens (primary N) is 1. The fraction of sp³-hybridized carbons (Fsp3) is 0.632. The molecule has 0 bridgehead atoms. The van der Waals surface area contributed by atoms with Crippen LogP contribution in [0.2, 0.25) is 0 Å². The number of halogens is 4. The van der Waals surface area contributed by atoms with Crippen molar-refractivity contribution < 1.29 is 27.1 Å². The summed E-state index contributed by atoms with van der Waals surface area (Å²) in [5.41, 5.74) is 5.44. The Hall–Kier alpha value is -1.87. The van der Waals surface area contributed by atoms with E-state index in [2.05, 4.69) is 10.1 Å². The third-order valence-electron chi connectivity index (χ3n) is 6.51. The minimum Gasteiger partial charge on any atom is -0.406 e. The summed E-state index contributed by atoms with van der Waals surface area (Å²) in [5.74, 6) is -0.540. The van der Waals surface area contributed by atoms with E-state index in [0.29, 0.717) is 24.4 Å². The number of rotatable bonds is 4. The van der Waals surface area contributed by atoms with Crippen LogP contribution < -0.4 is 15.8 Å². The number of ether oxygens (including phenoxy) is 1.